The van der Waals surface area contributed by atoms with Gasteiger partial charge in [-0.1, -0.05) is 6.92 Å². The topological polar surface area (TPSA) is 38.5 Å². The molecule has 1 saturated heterocycles. The summed E-state index contributed by atoms with van der Waals surface area (Å²) in [4.78, 5) is 2.41. The molecule has 1 fully saturated rings. The zero-order valence-electron chi connectivity index (χ0n) is 9.92. The van der Waals surface area contributed by atoms with Crippen molar-refractivity contribution < 1.29 is 4.74 Å². The van der Waals surface area contributed by atoms with Gasteiger partial charge in [-0.3, -0.25) is 4.90 Å². The molecule has 0 aliphatic carbocycles. The summed E-state index contributed by atoms with van der Waals surface area (Å²) in [5, 5.41) is 0. The van der Waals surface area contributed by atoms with Gasteiger partial charge in [0.25, 0.3) is 0 Å². The molecule has 0 amide bonds. The third kappa shape index (κ3) is 3.23. The molecule has 1 aliphatic rings. The Bertz CT molecular complexity index is 182. The molecule has 0 aromatic rings. The van der Waals surface area contributed by atoms with Crippen molar-refractivity contribution in [3.63, 3.8) is 0 Å². The lowest BCUT2D eigenvalue weighted by molar-refractivity contribution is -0.0162. The molecule has 14 heavy (non-hydrogen) atoms. The second-order valence-corrected chi connectivity index (χ2v) is 5.13. The molecule has 2 atom stereocenters. The first-order chi connectivity index (χ1) is 6.44. The molecule has 0 aromatic carbocycles. The van der Waals surface area contributed by atoms with Gasteiger partial charge in [-0.2, -0.15) is 0 Å². The number of ether oxygens (including phenoxy) is 1. The highest BCUT2D eigenvalue weighted by Gasteiger charge is 2.27. The van der Waals surface area contributed by atoms with Crippen LogP contribution >= 0.6 is 0 Å². The fourth-order valence-corrected chi connectivity index (χ4v) is 1.92. The van der Waals surface area contributed by atoms with Crippen LogP contribution in [0.4, 0.5) is 0 Å². The van der Waals surface area contributed by atoms with Crippen LogP contribution < -0.4 is 5.73 Å². The van der Waals surface area contributed by atoms with Crippen LogP contribution in [-0.2, 0) is 4.74 Å². The van der Waals surface area contributed by atoms with Gasteiger partial charge in [0.1, 0.15) is 0 Å². The Morgan fingerprint density at radius 3 is 2.64 bits per heavy atom. The van der Waals surface area contributed by atoms with Crippen LogP contribution in [0, 0.1) is 5.92 Å². The Morgan fingerprint density at radius 1 is 1.50 bits per heavy atom. The van der Waals surface area contributed by atoms with Gasteiger partial charge in [-0.15, -0.1) is 0 Å². The van der Waals surface area contributed by atoms with Crippen molar-refractivity contribution in [2.75, 3.05) is 26.7 Å². The van der Waals surface area contributed by atoms with Crippen molar-refractivity contribution >= 4 is 0 Å². The molecule has 0 aromatic heterocycles. The SMILES string of the molecule is COC(C)(C)CN1CCC(C)C(N)C1. The average Bonchev–Trinajstić information content (AvgIpc) is 2.11. The number of rotatable bonds is 3. The van der Waals surface area contributed by atoms with Gasteiger partial charge in [-0.05, 0) is 32.7 Å². The van der Waals surface area contributed by atoms with Crippen molar-refractivity contribution in [3.05, 3.63) is 0 Å². The van der Waals surface area contributed by atoms with E-state index in [1.165, 1.54) is 6.42 Å². The summed E-state index contributed by atoms with van der Waals surface area (Å²) < 4.78 is 5.42. The summed E-state index contributed by atoms with van der Waals surface area (Å²) in [5.41, 5.74) is 5.99. The number of methoxy groups -OCH3 is 1. The minimum Gasteiger partial charge on any atom is -0.377 e. The van der Waals surface area contributed by atoms with Crippen molar-refractivity contribution in [1.82, 2.24) is 4.90 Å². The van der Waals surface area contributed by atoms with Crippen molar-refractivity contribution in [3.8, 4) is 0 Å². The van der Waals surface area contributed by atoms with Crippen LogP contribution in [0.3, 0.4) is 0 Å². The van der Waals surface area contributed by atoms with Crippen LogP contribution in [-0.4, -0.2) is 43.3 Å². The predicted octanol–water partition coefficient (Wildman–Crippen LogP) is 1.08. The lowest BCUT2D eigenvalue weighted by Gasteiger charge is -2.38. The summed E-state index contributed by atoms with van der Waals surface area (Å²) in [7, 11) is 1.77. The Kier molecular flexibility index (Phi) is 3.93. The Hall–Kier alpha value is -0.120. The average molecular weight is 200 g/mol. The van der Waals surface area contributed by atoms with E-state index < -0.39 is 0 Å². The van der Waals surface area contributed by atoms with Crippen LogP contribution in [0.1, 0.15) is 27.2 Å². The Balaban J connectivity index is 2.40. The van der Waals surface area contributed by atoms with Gasteiger partial charge in [0.05, 0.1) is 5.60 Å². The maximum Gasteiger partial charge on any atom is 0.0749 e. The highest BCUT2D eigenvalue weighted by atomic mass is 16.5. The normalized spacial score (nSPS) is 30.6. The van der Waals surface area contributed by atoms with Crippen molar-refractivity contribution in [2.45, 2.75) is 38.8 Å². The molecular formula is C11H24N2O. The van der Waals surface area contributed by atoms with Crippen molar-refractivity contribution in [1.29, 1.82) is 0 Å². The van der Waals surface area contributed by atoms with E-state index in [-0.39, 0.29) is 5.60 Å². The zero-order valence-corrected chi connectivity index (χ0v) is 9.92. The molecule has 0 spiro atoms. The third-order valence-electron chi connectivity index (χ3n) is 3.26. The fourth-order valence-electron chi connectivity index (χ4n) is 1.92. The van der Waals surface area contributed by atoms with E-state index >= 15 is 0 Å². The monoisotopic (exact) mass is 200 g/mol. The van der Waals surface area contributed by atoms with Gasteiger partial charge in [0, 0.05) is 26.2 Å². The maximum absolute atomic E-state index is 6.05. The number of hydrogen-bond donors (Lipinski definition) is 1. The zero-order chi connectivity index (χ0) is 10.8. The van der Waals surface area contributed by atoms with Gasteiger partial charge in [0.15, 0.2) is 0 Å². The summed E-state index contributed by atoms with van der Waals surface area (Å²) >= 11 is 0. The summed E-state index contributed by atoms with van der Waals surface area (Å²) in [6.45, 7) is 9.62. The molecule has 0 radical (unpaired) electrons. The van der Waals surface area contributed by atoms with Crippen LogP contribution in [0.15, 0.2) is 0 Å². The molecule has 0 bridgehead atoms. The number of piperidine rings is 1. The van der Waals surface area contributed by atoms with Crippen LogP contribution in [0.25, 0.3) is 0 Å². The predicted molar refractivity (Wildman–Crippen MR) is 59.3 cm³/mol. The lowest BCUT2D eigenvalue weighted by atomic mass is 9.93. The van der Waals surface area contributed by atoms with Gasteiger partial charge < -0.3 is 10.5 Å². The number of hydrogen-bond acceptors (Lipinski definition) is 3. The van der Waals surface area contributed by atoms with Gasteiger partial charge in [-0.25, -0.2) is 0 Å². The van der Waals surface area contributed by atoms with Gasteiger partial charge >= 0.3 is 0 Å². The molecule has 3 nitrogen and oxygen atoms in total. The first-order valence-corrected chi connectivity index (χ1v) is 5.48. The lowest BCUT2D eigenvalue weighted by Crippen LogP contribution is -2.51. The first-order valence-electron chi connectivity index (χ1n) is 5.48. The molecule has 1 heterocycles. The highest BCUT2D eigenvalue weighted by molar-refractivity contribution is 4.84. The second kappa shape index (κ2) is 4.60. The van der Waals surface area contributed by atoms with E-state index in [0.717, 1.165) is 19.6 Å². The van der Waals surface area contributed by atoms with Crippen LogP contribution in [0.2, 0.25) is 0 Å². The van der Waals surface area contributed by atoms with Crippen LogP contribution in [0.5, 0.6) is 0 Å². The van der Waals surface area contributed by atoms with E-state index in [1.54, 1.807) is 7.11 Å². The fraction of sp³-hybridized carbons (Fsp3) is 1.00. The van der Waals surface area contributed by atoms with E-state index in [0.29, 0.717) is 12.0 Å². The number of nitrogens with zero attached hydrogens (tertiary/aromatic N) is 1. The smallest absolute Gasteiger partial charge is 0.0749 e. The molecule has 1 aliphatic heterocycles. The molecular weight excluding hydrogens is 176 g/mol. The standard InChI is InChI=1S/C11H24N2O/c1-9-5-6-13(7-10(9)12)8-11(2,3)14-4/h9-10H,5-8,12H2,1-4H3. The van der Waals surface area contributed by atoms with E-state index in [4.69, 9.17) is 10.5 Å². The summed E-state index contributed by atoms with van der Waals surface area (Å²) in [6.07, 6.45) is 1.21. The summed E-state index contributed by atoms with van der Waals surface area (Å²) in [6, 6.07) is 0.330. The first kappa shape index (κ1) is 12.0. The largest absolute Gasteiger partial charge is 0.377 e. The molecule has 2 unspecified atom stereocenters. The summed E-state index contributed by atoms with van der Waals surface area (Å²) in [5.74, 6) is 0.664. The van der Waals surface area contributed by atoms with E-state index in [1.807, 2.05) is 0 Å². The quantitative estimate of drug-likeness (QED) is 0.741. The van der Waals surface area contributed by atoms with Crippen molar-refractivity contribution in [2.24, 2.45) is 11.7 Å². The minimum absolute atomic E-state index is 0.0553. The molecule has 84 valence electrons. The van der Waals surface area contributed by atoms with E-state index in [2.05, 4.69) is 25.7 Å². The Morgan fingerprint density at radius 2 is 2.14 bits per heavy atom. The molecule has 1 rings (SSSR count). The minimum atomic E-state index is -0.0553. The number of likely N-dealkylation sites (tertiary alicyclic amines) is 1. The second-order valence-electron chi connectivity index (χ2n) is 5.13. The maximum atomic E-state index is 6.05. The van der Waals surface area contributed by atoms with Gasteiger partial charge in [0.2, 0.25) is 0 Å². The number of nitrogens with two attached hydrogens (primary N) is 1. The molecule has 2 N–H and O–H groups in total. The highest BCUT2D eigenvalue weighted by Crippen LogP contribution is 2.18. The molecule has 0 saturated carbocycles. The molecule has 3 heteroatoms. The third-order valence-corrected chi connectivity index (χ3v) is 3.26. The van der Waals surface area contributed by atoms with E-state index in [9.17, 15) is 0 Å². The Labute approximate surface area is 87.6 Å².